The zero-order valence-electron chi connectivity index (χ0n) is 11.0. The highest BCUT2D eigenvalue weighted by atomic mass is 16.5. The first kappa shape index (κ1) is 12.8. The number of nitrogens with one attached hydrogen (secondary N) is 1. The molecule has 4 nitrogen and oxygen atoms in total. The van der Waals surface area contributed by atoms with E-state index >= 15 is 0 Å². The minimum absolute atomic E-state index is 0.274. The first-order chi connectivity index (χ1) is 8.18. The molecule has 1 saturated heterocycles. The lowest BCUT2D eigenvalue weighted by molar-refractivity contribution is -0.146. The van der Waals surface area contributed by atoms with Crippen LogP contribution in [0.15, 0.2) is 0 Å². The van der Waals surface area contributed by atoms with Gasteiger partial charge in [0.25, 0.3) is 0 Å². The van der Waals surface area contributed by atoms with Gasteiger partial charge in [0.1, 0.15) is 0 Å². The standard InChI is InChI=1S/C13H24N2O2/c1-15(9-11-3-4-11)12(16)13(10-17-2)5-7-14-8-6-13/h11,14H,3-10H2,1-2H3. The molecule has 2 fully saturated rings. The average molecular weight is 240 g/mol. The molecule has 1 N–H and O–H groups in total. The SMILES string of the molecule is COCC1(C(=O)N(C)CC2CC2)CCNCC1. The fourth-order valence-electron chi connectivity index (χ4n) is 2.78. The van der Waals surface area contributed by atoms with Gasteiger partial charge >= 0.3 is 0 Å². The summed E-state index contributed by atoms with van der Waals surface area (Å²) < 4.78 is 5.30. The highest BCUT2D eigenvalue weighted by Gasteiger charge is 2.42. The molecule has 0 unspecified atom stereocenters. The van der Waals surface area contributed by atoms with E-state index < -0.39 is 0 Å². The lowest BCUT2D eigenvalue weighted by Crippen LogP contribution is -2.51. The first-order valence-electron chi connectivity index (χ1n) is 6.63. The van der Waals surface area contributed by atoms with Gasteiger partial charge in [-0.3, -0.25) is 4.79 Å². The third kappa shape index (κ3) is 2.99. The van der Waals surface area contributed by atoms with Crippen LogP contribution in [0.25, 0.3) is 0 Å². The van der Waals surface area contributed by atoms with Crippen molar-refractivity contribution in [2.45, 2.75) is 25.7 Å². The smallest absolute Gasteiger partial charge is 0.230 e. The summed E-state index contributed by atoms with van der Waals surface area (Å²) in [6.07, 6.45) is 4.37. The maximum atomic E-state index is 12.6. The summed E-state index contributed by atoms with van der Waals surface area (Å²) in [4.78, 5) is 14.5. The van der Waals surface area contributed by atoms with Crippen molar-refractivity contribution in [3.8, 4) is 0 Å². The number of methoxy groups -OCH3 is 1. The average Bonchev–Trinajstić information content (AvgIpc) is 3.13. The van der Waals surface area contributed by atoms with Gasteiger partial charge in [-0.25, -0.2) is 0 Å². The molecule has 98 valence electrons. The Labute approximate surface area is 104 Å². The molecule has 0 aromatic heterocycles. The maximum Gasteiger partial charge on any atom is 0.230 e. The van der Waals surface area contributed by atoms with Crippen LogP contribution < -0.4 is 5.32 Å². The van der Waals surface area contributed by atoms with Crippen molar-refractivity contribution in [2.24, 2.45) is 11.3 Å². The molecule has 4 heteroatoms. The molecule has 1 aliphatic heterocycles. The lowest BCUT2D eigenvalue weighted by atomic mass is 9.78. The van der Waals surface area contributed by atoms with Crippen LogP contribution in [0.2, 0.25) is 0 Å². The summed E-state index contributed by atoms with van der Waals surface area (Å²) in [5.74, 6) is 1.04. The van der Waals surface area contributed by atoms with E-state index in [0.717, 1.165) is 38.4 Å². The van der Waals surface area contributed by atoms with Gasteiger partial charge in [0.05, 0.1) is 12.0 Å². The molecule has 1 saturated carbocycles. The Bertz CT molecular complexity index is 265. The lowest BCUT2D eigenvalue weighted by Gasteiger charge is -2.38. The maximum absolute atomic E-state index is 12.6. The summed E-state index contributed by atoms with van der Waals surface area (Å²) in [6, 6.07) is 0. The van der Waals surface area contributed by atoms with E-state index in [1.165, 1.54) is 12.8 Å². The number of ether oxygens (including phenoxy) is 1. The van der Waals surface area contributed by atoms with Crippen LogP contribution in [0.4, 0.5) is 0 Å². The number of hydrogen-bond acceptors (Lipinski definition) is 3. The Morgan fingerprint density at radius 3 is 2.59 bits per heavy atom. The van der Waals surface area contributed by atoms with Gasteiger partial charge < -0.3 is 15.0 Å². The molecule has 0 aromatic carbocycles. The number of piperidine rings is 1. The van der Waals surface area contributed by atoms with E-state index in [2.05, 4.69) is 5.32 Å². The van der Waals surface area contributed by atoms with Crippen LogP contribution in [0.1, 0.15) is 25.7 Å². The second-order valence-corrected chi connectivity index (χ2v) is 5.59. The van der Waals surface area contributed by atoms with Crippen LogP contribution in [-0.4, -0.2) is 51.2 Å². The van der Waals surface area contributed by atoms with E-state index in [4.69, 9.17) is 4.74 Å². The van der Waals surface area contributed by atoms with Gasteiger partial charge in [-0.1, -0.05) is 0 Å². The van der Waals surface area contributed by atoms with Crippen LogP contribution in [0.5, 0.6) is 0 Å². The van der Waals surface area contributed by atoms with E-state index in [-0.39, 0.29) is 11.3 Å². The molecule has 0 radical (unpaired) electrons. The predicted octanol–water partition coefficient (Wildman–Crippen LogP) is 0.871. The molecule has 0 spiro atoms. The molecule has 2 rings (SSSR count). The summed E-state index contributed by atoms with van der Waals surface area (Å²) >= 11 is 0. The van der Waals surface area contributed by atoms with Crippen molar-refractivity contribution in [2.75, 3.05) is 40.4 Å². The number of carbonyl (C=O) groups is 1. The van der Waals surface area contributed by atoms with Gasteiger partial charge in [0, 0.05) is 20.7 Å². The Morgan fingerprint density at radius 2 is 2.06 bits per heavy atom. The van der Waals surface area contributed by atoms with E-state index in [0.29, 0.717) is 6.61 Å². The third-order valence-corrected chi connectivity index (χ3v) is 4.01. The van der Waals surface area contributed by atoms with Crippen LogP contribution in [0.3, 0.4) is 0 Å². The Hall–Kier alpha value is -0.610. The fourth-order valence-corrected chi connectivity index (χ4v) is 2.78. The van der Waals surface area contributed by atoms with Gasteiger partial charge in [0.2, 0.25) is 5.91 Å². The number of carbonyl (C=O) groups excluding carboxylic acids is 1. The van der Waals surface area contributed by atoms with Crippen LogP contribution >= 0.6 is 0 Å². The van der Waals surface area contributed by atoms with Gasteiger partial charge in [-0.2, -0.15) is 0 Å². The summed E-state index contributed by atoms with van der Waals surface area (Å²) in [5, 5.41) is 3.32. The monoisotopic (exact) mass is 240 g/mol. The number of rotatable bonds is 5. The molecule has 0 bridgehead atoms. The van der Waals surface area contributed by atoms with Crippen molar-refractivity contribution >= 4 is 5.91 Å². The molecule has 1 amide bonds. The summed E-state index contributed by atoms with van der Waals surface area (Å²) in [7, 11) is 3.64. The largest absolute Gasteiger partial charge is 0.384 e. The Morgan fingerprint density at radius 1 is 1.41 bits per heavy atom. The molecule has 0 atom stereocenters. The highest BCUT2D eigenvalue weighted by molar-refractivity contribution is 5.83. The summed E-state index contributed by atoms with van der Waals surface area (Å²) in [5.41, 5.74) is -0.274. The minimum Gasteiger partial charge on any atom is -0.384 e. The molecule has 2 aliphatic rings. The molecule has 17 heavy (non-hydrogen) atoms. The van der Waals surface area contributed by atoms with Crippen molar-refractivity contribution in [3.63, 3.8) is 0 Å². The van der Waals surface area contributed by atoms with E-state index in [1.54, 1.807) is 7.11 Å². The number of hydrogen-bond donors (Lipinski definition) is 1. The van der Waals surface area contributed by atoms with Crippen molar-refractivity contribution in [1.29, 1.82) is 0 Å². The molecular weight excluding hydrogens is 216 g/mol. The topological polar surface area (TPSA) is 41.6 Å². The minimum atomic E-state index is -0.274. The van der Waals surface area contributed by atoms with Crippen LogP contribution in [-0.2, 0) is 9.53 Å². The first-order valence-corrected chi connectivity index (χ1v) is 6.63. The van der Waals surface area contributed by atoms with Gasteiger partial charge in [-0.05, 0) is 44.7 Å². The van der Waals surface area contributed by atoms with E-state index in [9.17, 15) is 4.79 Å². The van der Waals surface area contributed by atoms with Crippen molar-refractivity contribution in [1.82, 2.24) is 10.2 Å². The number of nitrogens with zero attached hydrogens (tertiary/aromatic N) is 1. The molecule has 1 heterocycles. The predicted molar refractivity (Wildman–Crippen MR) is 66.8 cm³/mol. The van der Waals surface area contributed by atoms with E-state index in [1.807, 2.05) is 11.9 Å². The Kier molecular flexibility index (Phi) is 4.05. The normalized spacial score (nSPS) is 23.4. The van der Waals surface area contributed by atoms with Crippen molar-refractivity contribution in [3.05, 3.63) is 0 Å². The second-order valence-electron chi connectivity index (χ2n) is 5.59. The van der Waals surface area contributed by atoms with Gasteiger partial charge in [0.15, 0.2) is 0 Å². The van der Waals surface area contributed by atoms with Gasteiger partial charge in [-0.15, -0.1) is 0 Å². The quantitative estimate of drug-likeness (QED) is 0.775. The Balaban J connectivity index is 1.99. The fraction of sp³-hybridized carbons (Fsp3) is 0.923. The molecule has 1 aliphatic carbocycles. The molecular formula is C13H24N2O2. The highest BCUT2D eigenvalue weighted by Crippen LogP contribution is 2.34. The summed E-state index contributed by atoms with van der Waals surface area (Å²) in [6.45, 7) is 3.33. The zero-order valence-corrected chi connectivity index (χ0v) is 11.0. The molecule has 0 aromatic rings. The third-order valence-electron chi connectivity index (χ3n) is 4.01. The second kappa shape index (κ2) is 5.36. The number of amides is 1. The van der Waals surface area contributed by atoms with Crippen LogP contribution in [0, 0.1) is 11.3 Å². The van der Waals surface area contributed by atoms with Crippen molar-refractivity contribution < 1.29 is 9.53 Å². The zero-order chi connectivity index (χ0) is 12.3.